The van der Waals surface area contributed by atoms with Gasteiger partial charge in [0.2, 0.25) is 5.91 Å². The van der Waals surface area contributed by atoms with Gasteiger partial charge >= 0.3 is 0 Å². The van der Waals surface area contributed by atoms with Gasteiger partial charge in [-0.25, -0.2) is 0 Å². The van der Waals surface area contributed by atoms with Crippen molar-refractivity contribution in [1.29, 1.82) is 0 Å². The van der Waals surface area contributed by atoms with Crippen molar-refractivity contribution in [3.8, 4) is 0 Å². The predicted molar refractivity (Wildman–Crippen MR) is 107 cm³/mol. The molecule has 2 heterocycles. The minimum atomic E-state index is 0.200. The van der Waals surface area contributed by atoms with Gasteiger partial charge in [-0.2, -0.15) is 0 Å². The number of benzene rings is 1. The molecule has 132 valence electrons. The van der Waals surface area contributed by atoms with Gasteiger partial charge in [0.05, 0.1) is 6.04 Å². The maximum Gasteiger partial charge on any atom is 0.223 e. The number of carbonyl (C=O) groups excluding carboxylic acids is 1. The van der Waals surface area contributed by atoms with E-state index in [4.69, 9.17) is 0 Å². The van der Waals surface area contributed by atoms with Crippen LogP contribution < -0.4 is 0 Å². The van der Waals surface area contributed by atoms with E-state index in [0.717, 1.165) is 29.6 Å². The molecule has 1 amide bonds. The molecule has 1 atom stereocenters. The molecule has 0 aliphatic carbocycles. The van der Waals surface area contributed by atoms with Gasteiger partial charge in [0.15, 0.2) is 0 Å². The molecule has 3 rings (SSSR count). The van der Waals surface area contributed by atoms with Gasteiger partial charge in [-0.1, -0.05) is 25.0 Å². The van der Waals surface area contributed by atoms with E-state index in [1.165, 1.54) is 23.3 Å². The van der Waals surface area contributed by atoms with Crippen LogP contribution in [0.3, 0.4) is 0 Å². The quantitative estimate of drug-likeness (QED) is 0.603. The van der Waals surface area contributed by atoms with Crippen LogP contribution in [0.5, 0.6) is 0 Å². The lowest BCUT2D eigenvalue weighted by Gasteiger charge is -2.30. The van der Waals surface area contributed by atoms with Crippen LogP contribution in [0.25, 0.3) is 0 Å². The van der Waals surface area contributed by atoms with Crippen LogP contribution in [0.1, 0.15) is 43.7 Å². The molecular formula is C20H23BrN2OS. The van der Waals surface area contributed by atoms with Crippen molar-refractivity contribution in [2.75, 3.05) is 12.3 Å². The lowest BCUT2D eigenvalue weighted by Crippen LogP contribution is -2.35. The van der Waals surface area contributed by atoms with Crippen molar-refractivity contribution in [2.24, 2.45) is 0 Å². The number of halogens is 1. The van der Waals surface area contributed by atoms with Crippen LogP contribution >= 0.6 is 27.7 Å². The first kappa shape index (κ1) is 18.5. The van der Waals surface area contributed by atoms with E-state index in [-0.39, 0.29) is 11.9 Å². The predicted octanol–water partition coefficient (Wildman–Crippen LogP) is 5.47. The minimum Gasteiger partial charge on any atom is -0.336 e. The van der Waals surface area contributed by atoms with E-state index < -0.39 is 0 Å². The summed E-state index contributed by atoms with van der Waals surface area (Å²) in [7, 11) is 0. The molecular weight excluding hydrogens is 396 g/mol. The van der Waals surface area contributed by atoms with Crippen LogP contribution in [0.4, 0.5) is 0 Å². The van der Waals surface area contributed by atoms with Gasteiger partial charge in [0, 0.05) is 40.5 Å². The maximum absolute atomic E-state index is 12.9. The Morgan fingerprint density at radius 1 is 1.16 bits per heavy atom. The first-order valence-electron chi connectivity index (χ1n) is 8.82. The number of pyridine rings is 1. The Morgan fingerprint density at radius 3 is 2.76 bits per heavy atom. The zero-order valence-corrected chi connectivity index (χ0v) is 16.6. The fourth-order valence-corrected chi connectivity index (χ4v) is 4.80. The highest BCUT2D eigenvalue weighted by atomic mass is 79.9. The molecule has 1 fully saturated rings. The lowest BCUT2D eigenvalue weighted by atomic mass is 10.0. The monoisotopic (exact) mass is 418 g/mol. The lowest BCUT2D eigenvalue weighted by molar-refractivity contribution is -0.133. The molecule has 1 aromatic heterocycles. The Balaban J connectivity index is 1.63. The second kappa shape index (κ2) is 9.39. The highest BCUT2D eigenvalue weighted by Crippen LogP contribution is 2.31. The van der Waals surface area contributed by atoms with Crippen LogP contribution in [0, 0.1) is 0 Å². The summed E-state index contributed by atoms with van der Waals surface area (Å²) in [5.74, 6) is 1.07. The Morgan fingerprint density at radius 2 is 1.96 bits per heavy atom. The summed E-state index contributed by atoms with van der Waals surface area (Å²) in [4.78, 5) is 20.3. The normalized spacial score (nSPS) is 18.0. The SMILES string of the molecule is O=C(CCSc1ccccc1Br)N1CCCCCC1c1ccncc1. The van der Waals surface area contributed by atoms with Crippen LogP contribution in [0.15, 0.2) is 58.2 Å². The van der Waals surface area contributed by atoms with Crippen molar-refractivity contribution in [3.63, 3.8) is 0 Å². The zero-order valence-electron chi connectivity index (χ0n) is 14.2. The van der Waals surface area contributed by atoms with E-state index in [0.29, 0.717) is 6.42 Å². The van der Waals surface area contributed by atoms with Crippen LogP contribution in [-0.4, -0.2) is 28.1 Å². The van der Waals surface area contributed by atoms with Gasteiger partial charge in [0.25, 0.3) is 0 Å². The van der Waals surface area contributed by atoms with Crippen molar-refractivity contribution in [3.05, 3.63) is 58.8 Å². The minimum absolute atomic E-state index is 0.200. The molecule has 1 aromatic carbocycles. The Kier molecular flexibility index (Phi) is 6.93. The molecule has 0 radical (unpaired) electrons. The molecule has 0 spiro atoms. The van der Waals surface area contributed by atoms with Gasteiger partial charge in [0.1, 0.15) is 0 Å². The summed E-state index contributed by atoms with van der Waals surface area (Å²) in [5, 5.41) is 0. The van der Waals surface area contributed by atoms with Crippen molar-refractivity contribution in [1.82, 2.24) is 9.88 Å². The van der Waals surface area contributed by atoms with Crippen LogP contribution in [-0.2, 0) is 4.79 Å². The molecule has 0 saturated carbocycles. The third kappa shape index (κ3) is 5.08. The number of carbonyl (C=O) groups is 1. The summed E-state index contributed by atoms with van der Waals surface area (Å²) in [6.07, 6.45) is 8.77. The number of amides is 1. The first-order chi connectivity index (χ1) is 12.3. The largest absolute Gasteiger partial charge is 0.336 e. The van der Waals surface area contributed by atoms with E-state index in [2.05, 4.69) is 31.9 Å². The second-order valence-electron chi connectivity index (χ2n) is 6.26. The number of likely N-dealkylation sites (tertiary alicyclic amines) is 1. The highest BCUT2D eigenvalue weighted by Gasteiger charge is 2.26. The molecule has 1 aliphatic rings. The zero-order chi connectivity index (χ0) is 17.5. The Labute approximate surface area is 162 Å². The number of thioether (sulfide) groups is 1. The average Bonchev–Trinajstić information content (AvgIpc) is 2.90. The van der Waals surface area contributed by atoms with E-state index >= 15 is 0 Å². The topological polar surface area (TPSA) is 33.2 Å². The number of hydrogen-bond acceptors (Lipinski definition) is 3. The Hall–Kier alpha value is -1.33. The summed E-state index contributed by atoms with van der Waals surface area (Å²) < 4.78 is 1.09. The number of nitrogens with zero attached hydrogens (tertiary/aromatic N) is 2. The number of aromatic nitrogens is 1. The van der Waals surface area contributed by atoms with Crippen LogP contribution in [0.2, 0.25) is 0 Å². The van der Waals surface area contributed by atoms with E-state index in [1.807, 2.05) is 42.7 Å². The van der Waals surface area contributed by atoms with Crippen molar-refractivity contribution in [2.45, 2.75) is 43.0 Å². The van der Waals surface area contributed by atoms with Crippen molar-refractivity contribution < 1.29 is 4.79 Å². The third-order valence-electron chi connectivity index (χ3n) is 4.57. The fourth-order valence-electron chi connectivity index (χ4n) is 3.29. The molecule has 5 heteroatoms. The molecule has 25 heavy (non-hydrogen) atoms. The molecule has 1 aliphatic heterocycles. The van der Waals surface area contributed by atoms with Gasteiger partial charge < -0.3 is 4.90 Å². The molecule has 2 aromatic rings. The summed E-state index contributed by atoms with van der Waals surface area (Å²) in [6, 6.07) is 12.5. The average molecular weight is 419 g/mol. The Bertz CT molecular complexity index is 695. The van der Waals surface area contributed by atoms with Crippen molar-refractivity contribution >= 4 is 33.6 Å². The van der Waals surface area contributed by atoms with E-state index in [9.17, 15) is 4.79 Å². The standard InChI is InChI=1S/C20H23BrN2OS/c21-17-6-3-4-8-19(17)25-15-11-20(24)23-14-5-1-2-7-18(23)16-9-12-22-13-10-16/h3-4,6,8-10,12-13,18H,1-2,5,7,11,14-15H2. The van der Waals surface area contributed by atoms with Gasteiger partial charge in [-0.3, -0.25) is 9.78 Å². The third-order valence-corrected chi connectivity index (χ3v) is 6.60. The second-order valence-corrected chi connectivity index (χ2v) is 8.25. The molecule has 3 nitrogen and oxygen atoms in total. The van der Waals surface area contributed by atoms with E-state index in [1.54, 1.807) is 11.8 Å². The first-order valence-corrected chi connectivity index (χ1v) is 10.6. The van der Waals surface area contributed by atoms with Gasteiger partial charge in [-0.15, -0.1) is 11.8 Å². The highest BCUT2D eigenvalue weighted by molar-refractivity contribution is 9.10. The molecule has 1 unspecified atom stereocenters. The number of hydrogen-bond donors (Lipinski definition) is 0. The maximum atomic E-state index is 12.9. The fraction of sp³-hybridized carbons (Fsp3) is 0.400. The smallest absolute Gasteiger partial charge is 0.223 e. The summed E-state index contributed by atoms with van der Waals surface area (Å²) >= 11 is 5.31. The van der Waals surface area contributed by atoms with Gasteiger partial charge in [-0.05, 0) is 58.6 Å². The molecule has 1 saturated heterocycles. The summed E-state index contributed by atoms with van der Waals surface area (Å²) in [6.45, 7) is 0.867. The molecule has 0 bridgehead atoms. The number of rotatable bonds is 5. The summed E-state index contributed by atoms with van der Waals surface area (Å²) in [5.41, 5.74) is 1.21. The molecule has 0 N–H and O–H groups in total.